The number of carbonyl (C=O) groups is 2. The topological polar surface area (TPSA) is 111 Å². The summed E-state index contributed by atoms with van der Waals surface area (Å²) in [6.07, 6.45) is 0.868. The smallest absolute Gasteiger partial charge is 0.416 e. The number of amides is 2. The SMILES string of the molecule is Cc1c(C[C@H](C)NC(=O)OC(C)(C)C)c(Br)n2nc(Cl)nc(N(Cc3ccco3)C(=O)OC(C)(C)C)c12. The van der Waals surface area contributed by atoms with Gasteiger partial charge in [-0.15, -0.1) is 5.10 Å². The third kappa shape index (κ3) is 7.38. The highest BCUT2D eigenvalue weighted by atomic mass is 79.9. The summed E-state index contributed by atoms with van der Waals surface area (Å²) in [5.74, 6) is 0.806. The molecule has 0 unspecified atom stereocenters. The lowest BCUT2D eigenvalue weighted by atomic mass is 10.1. The fraction of sp³-hybridized carbons (Fsp3) is 0.520. The van der Waals surface area contributed by atoms with Crippen LogP contribution in [-0.4, -0.2) is 44.0 Å². The van der Waals surface area contributed by atoms with Crippen molar-refractivity contribution >= 4 is 51.1 Å². The van der Waals surface area contributed by atoms with Crippen LogP contribution in [0.4, 0.5) is 15.4 Å². The molecule has 3 aromatic heterocycles. The molecule has 3 rings (SSSR count). The number of halogens is 2. The highest BCUT2D eigenvalue weighted by molar-refractivity contribution is 9.10. The number of aryl methyl sites for hydroxylation is 1. The second kappa shape index (κ2) is 10.9. The standard InChI is InChI=1S/C25H33BrClN5O5/c1-14(28-22(33)36-24(3,4)5)12-17-15(2)18-20(29-21(27)30-32(18)19(17)26)31(13-16-10-9-11-35-16)23(34)37-25(6,7)8/h9-11,14H,12-13H2,1-8H3,(H,28,33)/t14-/m0/s1. The number of fused-ring (bicyclic) bond motifs is 1. The number of furan rings is 1. The zero-order valence-corrected chi connectivity index (χ0v) is 24.7. The molecule has 0 radical (unpaired) electrons. The lowest BCUT2D eigenvalue weighted by Crippen LogP contribution is -2.38. The van der Waals surface area contributed by atoms with E-state index in [1.807, 2.05) is 34.6 Å². The Bertz CT molecular complexity index is 1280. The monoisotopic (exact) mass is 597 g/mol. The third-order valence-corrected chi connectivity index (χ3v) is 6.06. The number of hydrogen-bond acceptors (Lipinski definition) is 7. The summed E-state index contributed by atoms with van der Waals surface area (Å²) in [7, 11) is 0. The molecule has 202 valence electrons. The van der Waals surface area contributed by atoms with E-state index >= 15 is 0 Å². The largest absolute Gasteiger partial charge is 0.467 e. The predicted molar refractivity (Wildman–Crippen MR) is 144 cm³/mol. The Morgan fingerprint density at radius 1 is 1.22 bits per heavy atom. The van der Waals surface area contributed by atoms with Crippen LogP contribution < -0.4 is 10.2 Å². The molecule has 0 aliphatic carbocycles. The second-order valence-corrected chi connectivity index (χ2v) is 11.8. The van der Waals surface area contributed by atoms with Gasteiger partial charge in [0.1, 0.15) is 27.1 Å². The van der Waals surface area contributed by atoms with Crippen molar-refractivity contribution in [1.82, 2.24) is 19.9 Å². The summed E-state index contributed by atoms with van der Waals surface area (Å²) in [6.45, 7) is 14.6. The van der Waals surface area contributed by atoms with Crippen molar-refractivity contribution in [2.45, 2.75) is 85.6 Å². The molecule has 0 aliphatic rings. The molecule has 0 bridgehead atoms. The van der Waals surface area contributed by atoms with Crippen molar-refractivity contribution in [2.75, 3.05) is 4.90 Å². The summed E-state index contributed by atoms with van der Waals surface area (Å²) in [6, 6.07) is 3.23. The van der Waals surface area contributed by atoms with Crippen molar-refractivity contribution in [2.24, 2.45) is 0 Å². The number of ether oxygens (including phenoxy) is 2. The fourth-order valence-electron chi connectivity index (χ4n) is 3.68. The third-order valence-electron chi connectivity index (χ3n) is 5.08. The van der Waals surface area contributed by atoms with E-state index in [0.717, 1.165) is 11.1 Å². The Morgan fingerprint density at radius 2 is 1.86 bits per heavy atom. The number of nitrogens with zero attached hydrogens (tertiary/aromatic N) is 4. The number of anilines is 1. The van der Waals surface area contributed by atoms with Crippen molar-refractivity contribution in [3.63, 3.8) is 0 Å². The Kier molecular flexibility index (Phi) is 8.48. The lowest BCUT2D eigenvalue weighted by molar-refractivity contribution is 0.0506. The van der Waals surface area contributed by atoms with E-state index in [9.17, 15) is 9.59 Å². The summed E-state index contributed by atoms with van der Waals surface area (Å²) in [5, 5.41) is 7.16. The van der Waals surface area contributed by atoms with Gasteiger partial charge < -0.3 is 19.2 Å². The lowest BCUT2D eigenvalue weighted by Gasteiger charge is -2.26. The Labute approximate surface area is 229 Å². The van der Waals surface area contributed by atoms with Crippen molar-refractivity contribution in [3.05, 3.63) is 45.2 Å². The number of aromatic nitrogens is 3. The van der Waals surface area contributed by atoms with Crippen LogP contribution in [0.5, 0.6) is 0 Å². The number of nitrogens with one attached hydrogen (secondary N) is 1. The zero-order chi connectivity index (χ0) is 27.7. The molecule has 10 nitrogen and oxygen atoms in total. The molecule has 0 saturated carbocycles. The van der Waals surface area contributed by atoms with Crippen LogP contribution in [0.3, 0.4) is 0 Å². The van der Waals surface area contributed by atoms with Gasteiger partial charge in [-0.25, -0.2) is 14.1 Å². The normalized spacial score (nSPS) is 12.9. The fourth-order valence-corrected chi connectivity index (χ4v) is 4.55. The maximum atomic E-state index is 13.3. The molecule has 0 fully saturated rings. The van der Waals surface area contributed by atoms with E-state index in [4.69, 9.17) is 25.5 Å². The predicted octanol–water partition coefficient (Wildman–Crippen LogP) is 6.44. The highest BCUT2D eigenvalue weighted by Crippen LogP contribution is 2.35. The molecule has 0 saturated heterocycles. The quantitative estimate of drug-likeness (QED) is 0.347. The highest BCUT2D eigenvalue weighted by Gasteiger charge is 2.30. The summed E-state index contributed by atoms with van der Waals surface area (Å²) in [4.78, 5) is 31.4. The molecular formula is C25H33BrClN5O5. The molecular weight excluding hydrogens is 566 g/mol. The number of rotatable bonds is 6. The van der Waals surface area contributed by atoms with Gasteiger partial charge in [0.25, 0.3) is 0 Å². The van der Waals surface area contributed by atoms with Gasteiger partial charge in [-0.3, -0.25) is 4.90 Å². The molecule has 37 heavy (non-hydrogen) atoms. The molecule has 3 heterocycles. The molecule has 1 N–H and O–H groups in total. The molecule has 3 aromatic rings. The van der Waals surface area contributed by atoms with E-state index in [0.29, 0.717) is 22.3 Å². The van der Waals surface area contributed by atoms with Crippen LogP contribution in [0.25, 0.3) is 5.52 Å². The van der Waals surface area contributed by atoms with Crippen LogP contribution in [0.15, 0.2) is 27.4 Å². The summed E-state index contributed by atoms with van der Waals surface area (Å²) < 4.78 is 18.8. The van der Waals surface area contributed by atoms with Crippen LogP contribution in [0.2, 0.25) is 5.28 Å². The van der Waals surface area contributed by atoms with Crippen LogP contribution in [-0.2, 0) is 22.4 Å². The number of carbonyl (C=O) groups excluding carboxylic acids is 2. The number of hydrogen-bond donors (Lipinski definition) is 1. The first-order valence-corrected chi connectivity index (χ1v) is 13.0. The maximum Gasteiger partial charge on any atom is 0.416 e. The van der Waals surface area contributed by atoms with Crippen LogP contribution in [0.1, 0.15) is 65.4 Å². The first-order valence-electron chi connectivity index (χ1n) is 11.8. The first-order chi connectivity index (χ1) is 17.1. The maximum absolute atomic E-state index is 13.3. The average Bonchev–Trinajstić information content (AvgIpc) is 3.31. The van der Waals surface area contributed by atoms with Gasteiger partial charge in [0.05, 0.1) is 12.8 Å². The van der Waals surface area contributed by atoms with Crippen LogP contribution >= 0.6 is 27.5 Å². The first kappa shape index (κ1) is 28.8. The second-order valence-electron chi connectivity index (χ2n) is 10.8. The molecule has 12 heteroatoms. The minimum Gasteiger partial charge on any atom is -0.467 e. The molecule has 0 aromatic carbocycles. The van der Waals surface area contributed by atoms with E-state index in [1.165, 1.54) is 11.2 Å². The van der Waals surface area contributed by atoms with E-state index in [2.05, 4.69) is 31.3 Å². The van der Waals surface area contributed by atoms with Gasteiger partial charge in [0.15, 0.2) is 5.82 Å². The summed E-state index contributed by atoms with van der Waals surface area (Å²) >= 11 is 9.94. The molecule has 1 atom stereocenters. The molecule has 2 amide bonds. The van der Waals surface area contributed by atoms with E-state index in [-0.39, 0.29) is 23.7 Å². The Balaban J connectivity index is 2.05. The zero-order valence-electron chi connectivity index (χ0n) is 22.3. The average molecular weight is 599 g/mol. The van der Waals surface area contributed by atoms with Gasteiger partial charge >= 0.3 is 12.2 Å². The van der Waals surface area contributed by atoms with Crippen molar-refractivity contribution < 1.29 is 23.5 Å². The van der Waals surface area contributed by atoms with Crippen LogP contribution in [0, 0.1) is 6.92 Å². The van der Waals surface area contributed by atoms with Crippen molar-refractivity contribution in [3.8, 4) is 0 Å². The van der Waals surface area contributed by atoms with Gasteiger partial charge in [0.2, 0.25) is 5.28 Å². The van der Waals surface area contributed by atoms with E-state index < -0.39 is 23.4 Å². The van der Waals surface area contributed by atoms with Crippen molar-refractivity contribution in [1.29, 1.82) is 0 Å². The van der Waals surface area contributed by atoms with Gasteiger partial charge in [-0.05, 0) is 113 Å². The minimum absolute atomic E-state index is 0.0577. The summed E-state index contributed by atoms with van der Waals surface area (Å²) in [5.41, 5.74) is 0.892. The van der Waals surface area contributed by atoms with Gasteiger partial charge in [-0.2, -0.15) is 4.98 Å². The van der Waals surface area contributed by atoms with Gasteiger partial charge in [-0.1, -0.05) is 0 Å². The number of alkyl carbamates (subject to hydrolysis) is 1. The van der Waals surface area contributed by atoms with E-state index in [1.54, 1.807) is 37.4 Å². The molecule has 0 aliphatic heterocycles. The minimum atomic E-state index is -0.739. The Morgan fingerprint density at radius 3 is 2.43 bits per heavy atom. The molecule has 0 spiro atoms. The van der Waals surface area contributed by atoms with Gasteiger partial charge in [0, 0.05) is 6.04 Å². The Hall–Kier alpha value is -2.79.